The van der Waals surface area contributed by atoms with Crippen molar-refractivity contribution in [2.45, 2.75) is 32.4 Å². The van der Waals surface area contributed by atoms with Gasteiger partial charge in [-0.1, -0.05) is 23.5 Å². The second kappa shape index (κ2) is 4.74. The zero-order chi connectivity index (χ0) is 12.5. The molecule has 1 aromatic heterocycles. The van der Waals surface area contributed by atoms with Crippen LogP contribution in [0.4, 0.5) is 4.39 Å². The number of benzene rings is 1. The highest BCUT2D eigenvalue weighted by molar-refractivity contribution is 7.14. The molecule has 18 heavy (non-hydrogen) atoms. The van der Waals surface area contributed by atoms with Gasteiger partial charge in [-0.25, -0.2) is 4.39 Å². The van der Waals surface area contributed by atoms with Crippen molar-refractivity contribution in [1.29, 1.82) is 0 Å². The lowest BCUT2D eigenvalue weighted by Crippen LogP contribution is -2.14. The van der Waals surface area contributed by atoms with Crippen molar-refractivity contribution >= 4 is 11.3 Å². The van der Waals surface area contributed by atoms with Crippen LogP contribution in [0.5, 0.6) is 0 Å². The minimum Gasteiger partial charge on any atom is -0.308 e. The predicted molar refractivity (Wildman–Crippen MR) is 69.9 cm³/mol. The Kier molecular flexibility index (Phi) is 3.09. The smallest absolute Gasteiger partial charge is 0.147 e. The van der Waals surface area contributed by atoms with Gasteiger partial charge >= 0.3 is 0 Å². The molecule has 2 aromatic rings. The normalized spacial score (nSPS) is 15.0. The van der Waals surface area contributed by atoms with Crippen LogP contribution in [0.15, 0.2) is 18.2 Å². The van der Waals surface area contributed by atoms with E-state index in [2.05, 4.69) is 15.5 Å². The number of aryl methyl sites for hydroxylation is 1. The van der Waals surface area contributed by atoms with E-state index in [0.717, 1.165) is 22.1 Å². The molecule has 0 saturated heterocycles. The van der Waals surface area contributed by atoms with Crippen LogP contribution >= 0.6 is 11.3 Å². The topological polar surface area (TPSA) is 37.8 Å². The van der Waals surface area contributed by atoms with Gasteiger partial charge in [0.2, 0.25) is 0 Å². The SMILES string of the molecule is Cc1ccc(-c2nnc(CNC3CC3)s2)cc1F. The Hall–Kier alpha value is -1.33. The van der Waals surface area contributed by atoms with Crippen molar-refractivity contribution in [2.24, 2.45) is 0 Å². The quantitative estimate of drug-likeness (QED) is 0.921. The lowest BCUT2D eigenvalue weighted by molar-refractivity contribution is 0.619. The van der Waals surface area contributed by atoms with Crippen molar-refractivity contribution < 1.29 is 4.39 Å². The van der Waals surface area contributed by atoms with Crippen molar-refractivity contribution in [3.8, 4) is 10.6 Å². The zero-order valence-corrected chi connectivity index (χ0v) is 10.9. The fraction of sp³-hybridized carbons (Fsp3) is 0.385. The number of halogens is 1. The summed E-state index contributed by atoms with van der Waals surface area (Å²) in [5.74, 6) is -0.194. The maximum absolute atomic E-state index is 13.5. The van der Waals surface area contributed by atoms with Crippen LogP contribution in [0.25, 0.3) is 10.6 Å². The average molecular weight is 263 g/mol. The molecule has 0 aliphatic heterocycles. The van der Waals surface area contributed by atoms with Gasteiger partial charge < -0.3 is 5.32 Å². The van der Waals surface area contributed by atoms with E-state index in [1.807, 2.05) is 6.07 Å². The second-order valence-electron chi connectivity index (χ2n) is 4.62. The number of nitrogens with one attached hydrogen (secondary N) is 1. The van der Waals surface area contributed by atoms with Gasteiger partial charge in [0.15, 0.2) is 0 Å². The monoisotopic (exact) mass is 263 g/mol. The molecule has 1 aromatic carbocycles. The number of aromatic nitrogens is 2. The molecule has 1 fully saturated rings. The first-order valence-corrected chi connectivity index (χ1v) is 6.86. The largest absolute Gasteiger partial charge is 0.308 e. The Balaban J connectivity index is 1.76. The molecule has 0 spiro atoms. The van der Waals surface area contributed by atoms with Gasteiger partial charge in [-0.15, -0.1) is 10.2 Å². The minimum atomic E-state index is -0.194. The summed E-state index contributed by atoms with van der Waals surface area (Å²) in [7, 11) is 0. The predicted octanol–water partition coefficient (Wildman–Crippen LogP) is 2.90. The summed E-state index contributed by atoms with van der Waals surface area (Å²) >= 11 is 1.52. The van der Waals surface area contributed by atoms with E-state index >= 15 is 0 Å². The Bertz CT molecular complexity index is 563. The summed E-state index contributed by atoms with van der Waals surface area (Å²) in [6, 6.07) is 5.84. The molecule has 1 saturated carbocycles. The third kappa shape index (κ3) is 2.57. The molecule has 1 N–H and O–H groups in total. The second-order valence-corrected chi connectivity index (χ2v) is 5.68. The van der Waals surface area contributed by atoms with Crippen LogP contribution in [-0.4, -0.2) is 16.2 Å². The molecule has 3 rings (SSSR count). The van der Waals surface area contributed by atoms with E-state index in [4.69, 9.17) is 0 Å². The van der Waals surface area contributed by atoms with Crippen LogP contribution in [0.1, 0.15) is 23.4 Å². The Morgan fingerprint density at radius 3 is 2.94 bits per heavy atom. The summed E-state index contributed by atoms with van der Waals surface area (Å²) in [5, 5.41) is 13.4. The van der Waals surface area contributed by atoms with Gasteiger partial charge in [0, 0.05) is 18.2 Å². The highest BCUT2D eigenvalue weighted by Gasteiger charge is 2.20. The average Bonchev–Trinajstić information content (AvgIpc) is 3.08. The fourth-order valence-corrected chi connectivity index (χ4v) is 2.47. The molecule has 94 valence electrons. The molecule has 0 radical (unpaired) electrons. The molecule has 0 amide bonds. The molecule has 1 aliphatic carbocycles. The maximum atomic E-state index is 13.5. The van der Waals surface area contributed by atoms with Crippen molar-refractivity contribution in [1.82, 2.24) is 15.5 Å². The molecular formula is C13H14FN3S. The summed E-state index contributed by atoms with van der Waals surface area (Å²) in [4.78, 5) is 0. The molecule has 1 aliphatic rings. The summed E-state index contributed by atoms with van der Waals surface area (Å²) < 4.78 is 13.5. The lowest BCUT2D eigenvalue weighted by atomic mass is 10.1. The summed E-state index contributed by atoms with van der Waals surface area (Å²) in [6.45, 7) is 2.51. The molecule has 1 heterocycles. The molecule has 3 nitrogen and oxygen atoms in total. The third-order valence-corrected chi connectivity index (χ3v) is 3.98. The van der Waals surface area contributed by atoms with Gasteiger partial charge in [0.1, 0.15) is 15.8 Å². The van der Waals surface area contributed by atoms with Gasteiger partial charge in [-0.2, -0.15) is 0 Å². The van der Waals surface area contributed by atoms with E-state index in [1.165, 1.54) is 30.2 Å². The molecular weight excluding hydrogens is 249 g/mol. The van der Waals surface area contributed by atoms with Crippen molar-refractivity contribution in [3.05, 3.63) is 34.6 Å². The number of hydrogen-bond donors (Lipinski definition) is 1. The highest BCUT2D eigenvalue weighted by Crippen LogP contribution is 2.26. The Labute approximate surface area is 109 Å². The minimum absolute atomic E-state index is 0.194. The van der Waals surface area contributed by atoms with Crippen molar-refractivity contribution in [3.63, 3.8) is 0 Å². The summed E-state index contributed by atoms with van der Waals surface area (Å²) in [5.41, 5.74) is 1.45. The molecule has 0 bridgehead atoms. The highest BCUT2D eigenvalue weighted by atomic mass is 32.1. The Morgan fingerprint density at radius 1 is 1.39 bits per heavy atom. The first-order valence-electron chi connectivity index (χ1n) is 6.04. The molecule has 5 heteroatoms. The van der Waals surface area contributed by atoms with E-state index in [9.17, 15) is 4.39 Å². The van der Waals surface area contributed by atoms with Crippen LogP contribution in [0, 0.1) is 12.7 Å². The van der Waals surface area contributed by atoms with Gasteiger partial charge in [-0.3, -0.25) is 0 Å². The number of nitrogens with zero attached hydrogens (tertiary/aromatic N) is 2. The maximum Gasteiger partial charge on any atom is 0.147 e. The van der Waals surface area contributed by atoms with E-state index < -0.39 is 0 Å². The van der Waals surface area contributed by atoms with E-state index in [-0.39, 0.29) is 5.82 Å². The van der Waals surface area contributed by atoms with Crippen LogP contribution in [-0.2, 0) is 6.54 Å². The first kappa shape index (κ1) is 11.7. The lowest BCUT2D eigenvalue weighted by Gasteiger charge is -1.98. The third-order valence-electron chi connectivity index (χ3n) is 3.00. The van der Waals surface area contributed by atoms with Crippen molar-refractivity contribution in [2.75, 3.05) is 0 Å². The van der Waals surface area contributed by atoms with Crippen LogP contribution < -0.4 is 5.32 Å². The van der Waals surface area contributed by atoms with E-state index in [0.29, 0.717) is 11.6 Å². The van der Waals surface area contributed by atoms with Crippen LogP contribution in [0.3, 0.4) is 0 Å². The van der Waals surface area contributed by atoms with Gasteiger partial charge in [0.05, 0.1) is 0 Å². The van der Waals surface area contributed by atoms with E-state index in [1.54, 1.807) is 13.0 Å². The van der Waals surface area contributed by atoms with Gasteiger partial charge in [-0.05, 0) is 31.4 Å². The number of hydrogen-bond acceptors (Lipinski definition) is 4. The van der Waals surface area contributed by atoms with Gasteiger partial charge in [0.25, 0.3) is 0 Å². The molecule has 0 unspecified atom stereocenters. The Morgan fingerprint density at radius 2 is 2.22 bits per heavy atom. The summed E-state index contributed by atoms with van der Waals surface area (Å²) in [6.07, 6.45) is 2.52. The molecule has 0 atom stereocenters. The zero-order valence-electron chi connectivity index (χ0n) is 10.1. The first-order chi connectivity index (χ1) is 8.72. The number of rotatable bonds is 4. The fourth-order valence-electron chi connectivity index (χ4n) is 1.69. The standard InChI is InChI=1S/C13H14FN3S/c1-8-2-3-9(6-11(8)14)13-17-16-12(18-13)7-15-10-4-5-10/h2-3,6,10,15H,4-5,7H2,1H3. The van der Waals surface area contributed by atoms with Crippen LogP contribution in [0.2, 0.25) is 0 Å².